The van der Waals surface area contributed by atoms with E-state index in [1.54, 1.807) is 19.9 Å². The first-order valence-corrected chi connectivity index (χ1v) is 9.80. The Morgan fingerprint density at radius 3 is 2.39 bits per heavy atom. The summed E-state index contributed by atoms with van der Waals surface area (Å²) in [5, 5.41) is 0. The Morgan fingerprint density at radius 2 is 1.79 bits per heavy atom. The SMILES string of the molecule is CC(C)(N)C(=O)N1CCC[C@H](N2CCN(c3cccc(C(F)(F)F)c3)CC2)C1. The van der Waals surface area contributed by atoms with Gasteiger partial charge in [-0.05, 0) is 44.9 Å². The maximum absolute atomic E-state index is 13.0. The van der Waals surface area contributed by atoms with E-state index < -0.39 is 17.3 Å². The summed E-state index contributed by atoms with van der Waals surface area (Å²) in [6.07, 6.45) is -2.36. The molecule has 0 radical (unpaired) electrons. The fourth-order valence-electron chi connectivity index (χ4n) is 4.07. The molecule has 2 heterocycles. The molecule has 8 heteroatoms. The van der Waals surface area contributed by atoms with Crippen LogP contribution in [0.15, 0.2) is 24.3 Å². The Kier molecular flexibility index (Phi) is 5.91. The van der Waals surface area contributed by atoms with E-state index in [-0.39, 0.29) is 11.9 Å². The molecule has 156 valence electrons. The standard InChI is InChI=1S/C20H29F3N4O/c1-19(2,24)18(28)27-8-4-7-17(14-27)26-11-9-25(10-12-26)16-6-3-5-15(13-16)20(21,22)23/h3,5-6,13,17H,4,7-12,14,24H2,1-2H3/t17-/m0/s1. The minimum Gasteiger partial charge on any atom is -0.369 e. The molecular weight excluding hydrogens is 369 g/mol. The van der Waals surface area contributed by atoms with Gasteiger partial charge in [0.05, 0.1) is 11.1 Å². The van der Waals surface area contributed by atoms with E-state index in [0.29, 0.717) is 25.3 Å². The second kappa shape index (κ2) is 7.91. The van der Waals surface area contributed by atoms with Gasteiger partial charge in [0.15, 0.2) is 0 Å². The highest BCUT2D eigenvalue weighted by atomic mass is 19.4. The van der Waals surface area contributed by atoms with Gasteiger partial charge >= 0.3 is 6.18 Å². The highest BCUT2D eigenvalue weighted by Gasteiger charge is 2.35. The summed E-state index contributed by atoms with van der Waals surface area (Å²) in [4.78, 5) is 18.7. The molecule has 2 saturated heterocycles. The number of carbonyl (C=O) groups excluding carboxylic acids is 1. The number of piperazine rings is 1. The Balaban J connectivity index is 1.59. The predicted octanol–water partition coefficient (Wildman–Crippen LogP) is 2.56. The number of hydrogen-bond donors (Lipinski definition) is 1. The minimum absolute atomic E-state index is 0.0280. The molecule has 5 nitrogen and oxygen atoms in total. The number of amides is 1. The number of alkyl halides is 3. The molecule has 0 saturated carbocycles. The number of likely N-dealkylation sites (tertiary alicyclic amines) is 1. The van der Waals surface area contributed by atoms with E-state index in [1.807, 2.05) is 9.80 Å². The van der Waals surface area contributed by atoms with Crippen molar-refractivity contribution in [3.8, 4) is 0 Å². The molecule has 0 bridgehead atoms. The van der Waals surface area contributed by atoms with Gasteiger partial charge in [-0.3, -0.25) is 9.69 Å². The van der Waals surface area contributed by atoms with Crippen LogP contribution in [0.2, 0.25) is 0 Å². The number of benzene rings is 1. The molecule has 0 aromatic heterocycles. The van der Waals surface area contributed by atoms with Gasteiger partial charge in [0.2, 0.25) is 5.91 Å². The molecule has 1 atom stereocenters. The lowest BCUT2D eigenvalue weighted by atomic mass is 9.99. The van der Waals surface area contributed by atoms with Crippen LogP contribution in [0.25, 0.3) is 0 Å². The van der Waals surface area contributed by atoms with Crippen molar-refractivity contribution in [1.82, 2.24) is 9.80 Å². The van der Waals surface area contributed by atoms with E-state index in [0.717, 1.165) is 38.5 Å². The molecular formula is C20H29F3N4O. The maximum Gasteiger partial charge on any atom is 0.416 e. The van der Waals surface area contributed by atoms with Gasteiger partial charge in [0.25, 0.3) is 0 Å². The fourth-order valence-corrected chi connectivity index (χ4v) is 4.07. The summed E-state index contributed by atoms with van der Waals surface area (Å²) in [7, 11) is 0. The van der Waals surface area contributed by atoms with Gasteiger partial charge in [-0.15, -0.1) is 0 Å². The Labute approximate surface area is 164 Å². The number of piperidine rings is 1. The van der Waals surface area contributed by atoms with Crippen molar-refractivity contribution in [2.75, 3.05) is 44.2 Å². The van der Waals surface area contributed by atoms with E-state index in [9.17, 15) is 18.0 Å². The van der Waals surface area contributed by atoms with Crippen LogP contribution in [0.4, 0.5) is 18.9 Å². The van der Waals surface area contributed by atoms with Crippen LogP contribution in [0.1, 0.15) is 32.3 Å². The van der Waals surface area contributed by atoms with Gasteiger partial charge in [-0.25, -0.2) is 0 Å². The Hall–Kier alpha value is -1.80. The van der Waals surface area contributed by atoms with Gasteiger partial charge in [-0.1, -0.05) is 6.07 Å². The van der Waals surface area contributed by atoms with Crippen LogP contribution in [-0.2, 0) is 11.0 Å². The van der Waals surface area contributed by atoms with Crippen LogP contribution >= 0.6 is 0 Å². The molecule has 2 fully saturated rings. The summed E-state index contributed by atoms with van der Waals surface area (Å²) < 4.78 is 38.9. The van der Waals surface area contributed by atoms with Crippen LogP contribution in [0.5, 0.6) is 0 Å². The molecule has 0 spiro atoms. The Bertz CT molecular complexity index is 693. The summed E-state index contributed by atoms with van der Waals surface area (Å²) in [6, 6.07) is 5.80. The normalized spacial score (nSPS) is 22.4. The number of carbonyl (C=O) groups is 1. The van der Waals surface area contributed by atoms with Crippen molar-refractivity contribution in [2.24, 2.45) is 5.73 Å². The summed E-state index contributed by atoms with van der Waals surface area (Å²) >= 11 is 0. The van der Waals surface area contributed by atoms with Crippen LogP contribution in [-0.4, -0.2) is 66.6 Å². The molecule has 1 aromatic rings. The zero-order valence-electron chi connectivity index (χ0n) is 16.5. The Morgan fingerprint density at radius 1 is 1.11 bits per heavy atom. The van der Waals surface area contributed by atoms with Gasteiger partial charge in [0, 0.05) is 51.0 Å². The highest BCUT2D eigenvalue weighted by Crippen LogP contribution is 2.32. The fraction of sp³-hybridized carbons (Fsp3) is 0.650. The van der Waals surface area contributed by atoms with Crippen LogP contribution < -0.4 is 10.6 Å². The molecule has 2 aliphatic rings. The minimum atomic E-state index is -4.33. The molecule has 2 N–H and O–H groups in total. The molecule has 2 aliphatic heterocycles. The number of rotatable bonds is 3. The molecule has 3 rings (SSSR count). The van der Waals surface area contributed by atoms with Crippen molar-refractivity contribution < 1.29 is 18.0 Å². The van der Waals surface area contributed by atoms with E-state index >= 15 is 0 Å². The lowest BCUT2D eigenvalue weighted by Gasteiger charge is -2.44. The monoisotopic (exact) mass is 398 g/mol. The van der Waals surface area contributed by atoms with E-state index in [2.05, 4.69) is 4.90 Å². The number of nitrogens with two attached hydrogens (primary N) is 1. The third-order valence-electron chi connectivity index (χ3n) is 5.60. The van der Waals surface area contributed by atoms with Crippen molar-refractivity contribution >= 4 is 11.6 Å². The van der Waals surface area contributed by atoms with Crippen LogP contribution in [0.3, 0.4) is 0 Å². The van der Waals surface area contributed by atoms with Crippen molar-refractivity contribution in [3.63, 3.8) is 0 Å². The highest BCUT2D eigenvalue weighted by molar-refractivity contribution is 5.85. The lowest BCUT2D eigenvalue weighted by molar-refractivity contribution is -0.138. The van der Waals surface area contributed by atoms with Crippen LogP contribution in [0, 0.1) is 0 Å². The second-order valence-electron chi connectivity index (χ2n) is 8.34. The summed E-state index contributed by atoms with van der Waals surface area (Å²) in [5.74, 6) is -0.0280. The van der Waals surface area contributed by atoms with Crippen molar-refractivity contribution in [2.45, 2.75) is 44.4 Å². The molecule has 0 unspecified atom stereocenters. The van der Waals surface area contributed by atoms with Crippen molar-refractivity contribution in [1.29, 1.82) is 0 Å². The number of hydrogen-bond acceptors (Lipinski definition) is 4. The molecule has 28 heavy (non-hydrogen) atoms. The van der Waals surface area contributed by atoms with E-state index in [1.165, 1.54) is 12.1 Å². The van der Waals surface area contributed by atoms with Gasteiger partial charge in [-0.2, -0.15) is 13.2 Å². The quantitative estimate of drug-likeness (QED) is 0.850. The lowest BCUT2D eigenvalue weighted by Crippen LogP contribution is -2.59. The van der Waals surface area contributed by atoms with Gasteiger partial charge < -0.3 is 15.5 Å². The van der Waals surface area contributed by atoms with Gasteiger partial charge in [0.1, 0.15) is 0 Å². The summed E-state index contributed by atoms with van der Waals surface area (Å²) in [6.45, 7) is 7.76. The molecule has 1 amide bonds. The third kappa shape index (κ3) is 4.78. The zero-order valence-corrected chi connectivity index (χ0v) is 16.5. The third-order valence-corrected chi connectivity index (χ3v) is 5.60. The summed E-state index contributed by atoms with van der Waals surface area (Å²) in [5.41, 5.74) is 5.09. The molecule has 1 aromatic carbocycles. The molecule has 0 aliphatic carbocycles. The largest absolute Gasteiger partial charge is 0.416 e. The number of anilines is 1. The van der Waals surface area contributed by atoms with Crippen molar-refractivity contribution in [3.05, 3.63) is 29.8 Å². The number of halogens is 3. The second-order valence-corrected chi connectivity index (χ2v) is 8.34. The smallest absolute Gasteiger partial charge is 0.369 e. The topological polar surface area (TPSA) is 52.8 Å². The number of nitrogens with zero attached hydrogens (tertiary/aromatic N) is 3. The first-order valence-electron chi connectivity index (χ1n) is 9.80. The average Bonchev–Trinajstić information content (AvgIpc) is 2.66. The maximum atomic E-state index is 13.0. The zero-order chi connectivity index (χ0) is 20.5. The first kappa shape index (κ1) is 20.9. The first-order chi connectivity index (χ1) is 13.1. The van der Waals surface area contributed by atoms with E-state index in [4.69, 9.17) is 5.73 Å². The predicted molar refractivity (Wildman–Crippen MR) is 103 cm³/mol. The average molecular weight is 398 g/mol.